The van der Waals surface area contributed by atoms with Gasteiger partial charge in [0, 0.05) is 0 Å². The Hall–Kier alpha value is 1.24. The minimum absolute atomic E-state index is 0. The summed E-state index contributed by atoms with van der Waals surface area (Å²) in [5, 5.41) is 16.6. The maximum absolute atomic E-state index is 9.51. The van der Waals surface area contributed by atoms with E-state index in [0.717, 1.165) is 0 Å². The molecule has 0 rings (SSSR count). The number of rotatable bonds is 4. The Bertz CT molecular complexity index is 70.8. The quantitative estimate of drug-likeness (QED) is 0.414. The second-order valence-corrected chi connectivity index (χ2v) is 1.61. The second kappa shape index (κ2) is 9.24. The molecule has 1 unspecified atom stereocenters. The first-order valence-corrected chi connectivity index (χ1v) is 2.78. The van der Waals surface area contributed by atoms with E-state index in [1.807, 2.05) is 0 Å². The molecule has 0 aromatic rings. The second-order valence-electron chi connectivity index (χ2n) is 1.21. The van der Waals surface area contributed by atoms with Crippen LogP contribution < -0.4 is 0 Å². The van der Waals surface area contributed by atoms with Gasteiger partial charge in [-0.2, -0.15) is 0 Å². The van der Waals surface area contributed by atoms with Crippen LogP contribution in [0.25, 0.3) is 0 Å². The van der Waals surface area contributed by atoms with Crippen molar-refractivity contribution in [2.75, 3.05) is 13.2 Å². The third kappa shape index (κ3) is 9.24. The van der Waals surface area contributed by atoms with Crippen molar-refractivity contribution in [1.82, 2.24) is 0 Å². The third-order valence-corrected chi connectivity index (χ3v) is 0.785. The Kier molecular flexibility index (Phi) is 13.2. The number of hydrogen-bond donors (Lipinski definition) is 2. The fraction of sp³-hybridized carbons (Fsp3) is 1.00. The first-order valence-electron chi connectivity index (χ1n) is 2.04. The van der Waals surface area contributed by atoms with E-state index in [2.05, 4.69) is 4.52 Å². The molecule has 0 amide bonds. The SMILES string of the molecule is O=POCC(O)CO.[CaH2]. The molecule has 0 fully saturated rings. The molecule has 9 heavy (non-hydrogen) atoms. The van der Waals surface area contributed by atoms with Gasteiger partial charge in [0.05, 0.1) is 13.2 Å². The van der Waals surface area contributed by atoms with Crippen molar-refractivity contribution in [2.24, 2.45) is 0 Å². The zero-order valence-electron chi connectivity index (χ0n) is 4.15. The van der Waals surface area contributed by atoms with Crippen LogP contribution in [0.15, 0.2) is 0 Å². The van der Waals surface area contributed by atoms with Gasteiger partial charge in [-0.1, -0.05) is 0 Å². The molecule has 0 spiro atoms. The molecule has 0 aliphatic carbocycles. The summed E-state index contributed by atoms with van der Waals surface area (Å²) in [6.45, 7) is -0.461. The average molecular weight is 180 g/mol. The first-order chi connectivity index (χ1) is 3.81. The van der Waals surface area contributed by atoms with Gasteiger partial charge >= 0.3 is 46.4 Å². The molecule has 6 heteroatoms. The summed E-state index contributed by atoms with van der Waals surface area (Å²) in [7, 11) is -0.472. The Morgan fingerprint density at radius 2 is 2.22 bits per heavy atom. The third-order valence-electron chi connectivity index (χ3n) is 0.530. The van der Waals surface area contributed by atoms with Crippen LogP contribution >= 0.6 is 8.69 Å². The van der Waals surface area contributed by atoms with Gasteiger partial charge in [-0.25, -0.2) is 4.57 Å². The van der Waals surface area contributed by atoms with E-state index in [1.54, 1.807) is 0 Å². The van der Waals surface area contributed by atoms with Crippen molar-refractivity contribution in [1.29, 1.82) is 0 Å². The molecule has 0 aliphatic heterocycles. The molecule has 0 bridgehead atoms. The van der Waals surface area contributed by atoms with Crippen LogP contribution in [0.1, 0.15) is 0 Å². The van der Waals surface area contributed by atoms with Gasteiger partial charge in [0.25, 0.3) is 0 Å². The van der Waals surface area contributed by atoms with E-state index in [4.69, 9.17) is 10.2 Å². The molecule has 4 nitrogen and oxygen atoms in total. The van der Waals surface area contributed by atoms with E-state index >= 15 is 0 Å². The fourth-order valence-electron chi connectivity index (χ4n) is 0.169. The molecule has 0 radical (unpaired) electrons. The summed E-state index contributed by atoms with van der Waals surface area (Å²) in [4.78, 5) is 0. The van der Waals surface area contributed by atoms with Gasteiger partial charge in [-0.3, -0.25) is 4.52 Å². The Morgan fingerprint density at radius 3 is 2.56 bits per heavy atom. The van der Waals surface area contributed by atoms with Crippen LogP contribution in [0.2, 0.25) is 0 Å². The van der Waals surface area contributed by atoms with Gasteiger partial charge in [-0.05, 0) is 0 Å². The van der Waals surface area contributed by atoms with Gasteiger partial charge in [-0.15, -0.1) is 0 Å². The van der Waals surface area contributed by atoms with Gasteiger partial charge in [0.2, 0.25) is 0 Å². The van der Waals surface area contributed by atoms with Crippen molar-refractivity contribution in [3.63, 3.8) is 0 Å². The van der Waals surface area contributed by atoms with Crippen LogP contribution in [0.5, 0.6) is 0 Å². The topological polar surface area (TPSA) is 66.8 Å². The van der Waals surface area contributed by atoms with E-state index in [9.17, 15) is 4.57 Å². The monoisotopic (exact) mass is 180 g/mol. The summed E-state index contributed by atoms with van der Waals surface area (Å²) in [5.41, 5.74) is 0. The van der Waals surface area contributed by atoms with E-state index < -0.39 is 14.8 Å². The molecule has 1 atom stereocenters. The molecule has 0 saturated heterocycles. The van der Waals surface area contributed by atoms with Crippen LogP contribution in [-0.2, 0) is 9.09 Å². The molecule has 0 saturated carbocycles. The summed E-state index contributed by atoms with van der Waals surface area (Å²) in [6, 6.07) is 0. The van der Waals surface area contributed by atoms with Crippen LogP contribution in [0.4, 0.5) is 0 Å². The minimum atomic E-state index is -0.920. The van der Waals surface area contributed by atoms with Gasteiger partial charge in [0.1, 0.15) is 6.10 Å². The number of aliphatic hydroxyl groups excluding tert-OH is 2. The van der Waals surface area contributed by atoms with E-state index in [-0.39, 0.29) is 51.0 Å². The van der Waals surface area contributed by atoms with E-state index in [1.165, 1.54) is 0 Å². The predicted octanol–water partition coefficient (Wildman–Crippen LogP) is -1.35. The summed E-state index contributed by atoms with van der Waals surface area (Å²) in [6.07, 6.45) is -0.920. The summed E-state index contributed by atoms with van der Waals surface area (Å²) < 4.78 is 13.7. The van der Waals surface area contributed by atoms with Crippen molar-refractivity contribution in [2.45, 2.75) is 6.10 Å². The van der Waals surface area contributed by atoms with Crippen LogP contribution in [0, 0.1) is 0 Å². The molecule has 0 aromatic carbocycles. The molecular weight excluding hydrogens is 171 g/mol. The van der Waals surface area contributed by atoms with Crippen LogP contribution in [-0.4, -0.2) is 67.3 Å². The van der Waals surface area contributed by atoms with Gasteiger partial charge in [0.15, 0.2) is 0 Å². The Balaban J connectivity index is 0. The van der Waals surface area contributed by atoms with Gasteiger partial charge < -0.3 is 10.2 Å². The van der Waals surface area contributed by atoms with Crippen molar-refractivity contribution < 1.29 is 19.3 Å². The Morgan fingerprint density at radius 1 is 1.67 bits per heavy atom. The number of aliphatic hydroxyl groups is 2. The molecule has 0 aromatic heterocycles. The standard InChI is InChI=1S/C3H7O4P.Ca.2H/c4-1-3(5)2-7-8-6;;;/h3-5H,1-2H2;;;. The van der Waals surface area contributed by atoms with E-state index in [0.29, 0.717) is 0 Å². The molecule has 52 valence electrons. The maximum atomic E-state index is 9.51. The fourth-order valence-corrected chi connectivity index (χ4v) is 0.402. The van der Waals surface area contributed by atoms with Crippen molar-refractivity contribution >= 4 is 46.4 Å². The Labute approximate surface area is 84.5 Å². The zero-order chi connectivity index (χ0) is 6.41. The molecular formula is C3H9CaO4P. The summed E-state index contributed by atoms with van der Waals surface area (Å²) >= 11 is 0. The van der Waals surface area contributed by atoms with Crippen LogP contribution in [0.3, 0.4) is 0 Å². The molecule has 0 heterocycles. The first kappa shape index (κ1) is 12.9. The summed E-state index contributed by atoms with van der Waals surface area (Å²) in [5.74, 6) is 0. The van der Waals surface area contributed by atoms with Crippen molar-refractivity contribution in [3.05, 3.63) is 0 Å². The molecule has 0 aliphatic rings. The predicted molar refractivity (Wildman–Crippen MR) is 35.2 cm³/mol. The average Bonchev–Trinajstić information content (AvgIpc) is 1.83. The normalized spacial score (nSPS) is 12.7. The number of hydrogen-bond acceptors (Lipinski definition) is 4. The zero-order valence-corrected chi connectivity index (χ0v) is 5.04. The van der Waals surface area contributed by atoms with Crippen molar-refractivity contribution in [3.8, 4) is 0 Å². The molecule has 2 N–H and O–H groups in total.